The van der Waals surface area contributed by atoms with Crippen molar-refractivity contribution in [2.24, 2.45) is 0 Å². The van der Waals surface area contributed by atoms with Crippen LogP contribution in [-0.4, -0.2) is 15.9 Å². The van der Waals surface area contributed by atoms with Gasteiger partial charge in [-0.1, -0.05) is 31.2 Å². The molecule has 0 aromatic rings. The lowest BCUT2D eigenvalue weighted by Gasteiger charge is -2.01. The average molecular weight is 204 g/mol. The predicted octanol–water partition coefficient (Wildman–Crippen LogP) is 2.47. The zero-order valence-corrected chi connectivity index (χ0v) is 8.62. The van der Waals surface area contributed by atoms with E-state index in [9.17, 15) is 4.57 Å². The summed E-state index contributed by atoms with van der Waals surface area (Å²) in [5, 5.41) is 0. The third-order valence-electron chi connectivity index (χ3n) is 1.59. The van der Waals surface area contributed by atoms with Crippen molar-refractivity contribution >= 4 is 7.60 Å². The van der Waals surface area contributed by atoms with Gasteiger partial charge in [0.25, 0.3) is 0 Å². The molecular formula is C9H17O3P. The molecule has 0 aromatic heterocycles. The Labute approximate surface area is 79.3 Å². The first-order chi connectivity index (χ1) is 6.06. The molecule has 0 spiro atoms. The number of allylic oxidation sites excluding steroid dienone is 3. The second-order valence-corrected chi connectivity index (χ2v) is 4.68. The second-order valence-electron chi connectivity index (χ2n) is 2.90. The van der Waals surface area contributed by atoms with Gasteiger partial charge in [0.05, 0.1) is 0 Å². The molecule has 0 saturated carbocycles. The van der Waals surface area contributed by atoms with Crippen LogP contribution in [0.4, 0.5) is 0 Å². The zero-order valence-electron chi connectivity index (χ0n) is 7.72. The van der Waals surface area contributed by atoms with Crippen molar-refractivity contribution in [1.82, 2.24) is 0 Å². The van der Waals surface area contributed by atoms with Crippen LogP contribution in [0.1, 0.15) is 25.7 Å². The van der Waals surface area contributed by atoms with Gasteiger partial charge in [-0.25, -0.2) is 0 Å². The molecule has 0 amide bonds. The Morgan fingerprint density at radius 2 is 1.92 bits per heavy atom. The van der Waals surface area contributed by atoms with Gasteiger partial charge in [0.2, 0.25) is 0 Å². The van der Waals surface area contributed by atoms with Gasteiger partial charge in [0, 0.05) is 6.16 Å². The lowest BCUT2D eigenvalue weighted by atomic mass is 10.2. The Balaban J connectivity index is 3.22. The first-order valence-electron chi connectivity index (χ1n) is 4.38. The van der Waals surface area contributed by atoms with Crippen LogP contribution in [0.3, 0.4) is 0 Å². The molecule has 0 heterocycles. The molecule has 0 radical (unpaired) electrons. The molecule has 0 aromatic carbocycles. The Morgan fingerprint density at radius 3 is 2.46 bits per heavy atom. The highest BCUT2D eigenvalue weighted by molar-refractivity contribution is 7.51. The van der Waals surface area contributed by atoms with E-state index in [2.05, 4.69) is 6.58 Å². The van der Waals surface area contributed by atoms with Crippen LogP contribution in [-0.2, 0) is 4.57 Å². The third-order valence-corrected chi connectivity index (χ3v) is 2.49. The van der Waals surface area contributed by atoms with E-state index in [1.807, 2.05) is 12.2 Å². The summed E-state index contributed by atoms with van der Waals surface area (Å²) in [6, 6.07) is 0. The van der Waals surface area contributed by atoms with E-state index in [0.29, 0.717) is 6.42 Å². The summed E-state index contributed by atoms with van der Waals surface area (Å²) in [6.45, 7) is 3.54. The van der Waals surface area contributed by atoms with E-state index in [-0.39, 0.29) is 6.16 Å². The quantitative estimate of drug-likeness (QED) is 0.380. The Kier molecular flexibility index (Phi) is 6.87. The normalized spacial score (nSPS) is 12.2. The molecule has 0 aliphatic heterocycles. The van der Waals surface area contributed by atoms with Crippen molar-refractivity contribution in [1.29, 1.82) is 0 Å². The Hall–Kier alpha value is -0.370. The summed E-state index contributed by atoms with van der Waals surface area (Å²) in [6.07, 6.45) is 9.01. The minimum atomic E-state index is -3.76. The molecule has 0 bridgehead atoms. The highest BCUT2D eigenvalue weighted by Gasteiger charge is 2.10. The third kappa shape index (κ3) is 11.6. The molecule has 76 valence electrons. The largest absolute Gasteiger partial charge is 0.325 e. The first-order valence-corrected chi connectivity index (χ1v) is 6.18. The van der Waals surface area contributed by atoms with E-state index in [1.54, 1.807) is 6.08 Å². The predicted molar refractivity (Wildman–Crippen MR) is 54.7 cm³/mol. The molecule has 0 aliphatic rings. The first kappa shape index (κ1) is 12.6. The monoisotopic (exact) mass is 204 g/mol. The van der Waals surface area contributed by atoms with E-state index >= 15 is 0 Å². The van der Waals surface area contributed by atoms with E-state index in [4.69, 9.17) is 9.79 Å². The van der Waals surface area contributed by atoms with Crippen LogP contribution in [0.2, 0.25) is 0 Å². The number of hydrogen-bond donors (Lipinski definition) is 2. The Bertz CT molecular complexity index is 205. The van der Waals surface area contributed by atoms with Crippen LogP contribution in [0, 0.1) is 0 Å². The molecule has 4 heteroatoms. The molecule has 0 fully saturated rings. The molecular weight excluding hydrogens is 187 g/mol. The maximum Gasteiger partial charge on any atom is 0.325 e. The summed E-state index contributed by atoms with van der Waals surface area (Å²) >= 11 is 0. The maximum absolute atomic E-state index is 10.4. The van der Waals surface area contributed by atoms with Crippen LogP contribution in [0.5, 0.6) is 0 Å². The van der Waals surface area contributed by atoms with Gasteiger partial charge in [-0.15, -0.1) is 0 Å². The minimum Gasteiger partial charge on any atom is -0.324 e. The van der Waals surface area contributed by atoms with Gasteiger partial charge in [0.1, 0.15) is 0 Å². The van der Waals surface area contributed by atoms with Crippen molar-refractivity contribution in [3.8, 4) is 0 Å². The SMILES string of the molecule is C=C/C=C/CCCCCP(=O)(O)O. The lowest BCUT2D eigenvalue weighted by molar-refractivity contribution is 0.371. The zero-order chi connectivity index (χ0) is 10.2. The number of unbranched alkanes of at least 4 members (excludes halogenated alkanes) is 3. The smallest absolute Gasteiger partial charge is 0.324 e. The van der Waals surface area contributed by atoms with Crippen molar-refractivity contribution in [3.63, 3.8) is 0 Å². The molecule has 0 atom stereocenters. The highest BCUT2D eigenvalue weighted by atomic mass is 31.2. The summed E-state index contributed by atoms with van der Waals surface area (Å²) in [7, 11) is -3.76. The standard InChI is InChI=1S/C9H17O3P/c1-2-3-4-5-6-7-8-9-13(10,11)12/h2-4H,1,5-9H2,(H2,10,11,12)/b4-3+. The van der Waals surface area contributed by atoms with Crippen LogP contribution in [0.15, 0.2) is 24.8 Å². The van der Waals surface area contributed by atoms with Crippen LogP contribution in [0.25, 0.3) is 0 Å². The van der Waals surface area contributed by atoms with E-state index < -0.39 is 7.60 Å². The maximum atomic E-state index is 10.4. The minimum absolute atomic E-state index is 0.0121. The topological polar surface area (TPSA) is 57.5 Å². The fourth-order valence-electron chi connectivity index (χ4n) is 0.949. The van der Waals surface area contributed by atoms with Crippen LogP contribution >= 0.6 is 7.60 Å². The summed E-state index contributed by atoms with van der Waals surface area (Å²) < 4.78 is 10.4. The highest BCUT2D eigenvalue weighted by Crippen LogP contribution is 2.35. The molecule has 0 unspecified atom stereocenters. The lowest BCUT2D eigenvalue weighted by Crippen LogP contribution is -1.87. The van der Waals surface area contributed by atoms with Gasteiger partial charge >= 0.3 is 7.60 Å². The van der Waals surface area contributed by atoms with Crippen LogP contribution < -0.4 is 0 Å². The number of hydrogen-bond acceptors (Lipinski definition) is 1. The van der Waals surface area contributed by atoms with Gasteiger partial charge in [-0.2, -0.15) is 0 Å². The van der Waals surface area contributed by atoms with Gasteiger partial charge in [-0.3, -0.25) is 4.57 Å². The molecule has 13 heavy (non-hydrogen) atoms. The fourth-order valence-corrected chi connectivity index (χ4v) is 1.58. The molecule has 2 N–H and O–H groups in total. The van der Waals surface area contributed by atoms with Crippen molar-refractivity contribution in [2.75, 3.05) is 6.16 Å². The van der Waals surface area contributed by atoms with Crippen molar-refractivity contribution in [3.05, 3.63) is 24.8 Å². The number of rotatable bonds is 7. The summed E-state index contributed by atoms with van der Waals surface area (Å²) in [4.78, 5) is 17.1. The van der Waals surface area contributed by atoms with Crippen molar-refractivity contribution < 1.29 is 14.4 Å². The van der Waals surface area contributed by atoms with Gasteiger partial charge in [0.15, 0.2) is 0 Å². The van der Waals surface area contributed by atoms with Gasteiger partial charge in [-0.05, 0) is 19.3 Å². The molecule has 3 nitrogen and oxygen atoms in total. The molecule has 0 saturated heterocycles. The second kappa shape index (κ2) is 7.07. The molecule has 0 rings (SSSR count). The molecule has 0 aliphatic carbocycles. The Morgan fingerprint density at radius 1 is 1.23 bits per heavy atom. The van der Waals surface area contributed by atoms with E-state index in [0.717, 1.165) is 19.3 Å². The summed E-state index contributed by atoms with van der Waals surface area (Å²) in [5.41, 5.74) is 0. The van der Waals surface area contributed by atoms with Gasteiger partial charge < -0.3 is 9.79 Å². The fraction of sp³-hybridized carbons (Fsp3) is 0.556. The average Bonchev–Trinajstić information content (AvgIpc) is 2.01. The summed E-state index contributed by atoms with van der Waals surface area (Å²) in [5.74, 6) is 0. The van der Waals surface area contributed by atoms with Crippen molar-refractivity contribution in [2.45, 2.75) is 25.7 Å². The van der Waals surface area contributed by atoms with E-state index in [1.165, 1.54) is 0 Å².